The summed E-state index contributed by atoms with van der Waals surface area (Å²) >= 11 is 0. The Hall–Kier alpha value is -2.86. The lowest BCUT2D eigenvalue weighted by atomic mass is 9.92. The molecule has 0 amide bonds. The minimum atomic E-state index is -1.51. The van der Waals surface area contributed by atoms with E-state index in [0.717, 1.165) is 24.3 Å². The molecule has 2 rings (SSSR count). The van der Waals surface area contributed by atoms with Crippen LogP contribution in [0.4, 0.5) is 11.4 Å². The molecule has 2 aromatic carbocycles. The molecule has 0 fully saturated rings. The van der Waals surface area contributed by atoms with Gasteiger partial charge in [-0.15, -0.1) is 0 Å². The number of quaternary nitrogens is 2. The normalized spacial score (nSPS) is 13.3. The fourth-order valence-electron chi connectivity index (χ4n) is 2.36. The van der Waals surface area contributed by atoms with Crippen molar-refractivity contribution >= 4 is 23.3 Å². The molecular formula is C14H12N2O8. The lowest BCUT2D eigenvalue weighted by Crippen LogP contribution is -2.99. The maximum Gasteiger partial charge on any atom is 0.336 e. The van der Waals surface area contributed by atoms with Gasteiger partial charge in [-0.1, -0.05) is 12.1 Å². The Bertz CT molecular complexity index is 736. The first kappa shape index (κ1) is 17.5. The number of nitrogens with one attached hydrogen (secondary N) is 2. The van der Waals surface area contributed by atoms with Crippen LogP contribution in [0.5, 0.6) is 0 Å². The summed E-state index contributed by atoms with van der Waals surface area (Å²) in [7, 11) is 0. The van der Waals surface area contributed by atoms with Crippen LogP contribution in [-0.2, 0) is 0 Å². The smallest absolute Gasteiger partial charge is 0.336 e. The molecule has 0 bridgehead atoms. The number of rotatable bonds is 5. The van der Waals surface area contributed by atoms with Gasteiger partial charge in [-0.25, -0.2) is 20.0 Å². The van der Waals surface area contributed by atoms with Crippen LogP contribution in [0.2, 0.25) is 0 Å². The first-order valence-electron chi connectivity index (χ1n) is 6.45. The minimum absolute atomic E-state index is 0.465. The van der Waals surface area contributed by atoms with E-state index in [1.54, 1.807) is 0 Å². The van der Waals surface area contributed by atoms with E-state index in [2.05, 4.69) is 0 Å². The molecule has 0 heterocycles. The minimum Gasteiger partial charge on any atom is -0.595 e. The van der Waals surface area contributed by atoms with Crippen molar-refractivity contribution in [2.45, 2.75) is 0 Å². The number of carboxylic acids is 2. The zero-order valence-electron chi connectivity index (χ0n) is 11.9. The summed E-state index contributed by atoms with van der Waals surface area (Å²) in [4.78, 5) is 22.9. The van der Waals surface area contributed by atoms with Gasteiger partial charge in [0.2, 0.25) is 0 Å². The molecule has 2 unspecified atom stereocenters. The molecule has 24 heavy (non-hydrogen) atoms. The van der Waals surface area contributed by atoms with E-state index in [9.17, 15) is 40.6 Å². The highest BCUT2D eigenvalue weighted by Gasteiger charge is 2.29. The molecule has 126 valence electrons. The van der Waals surface area contributed by atoms with Crippen molar-refractivity contribution in [1.82, 2.24) is 0 Å². The van der Waals surface area contributed by atoms with E-state index in [1.807, 2.05) is 0 Å². The average Bonchev–Trinajstić information content (AvgIpc) is 2.52. The molecular weight excluding hydrogens is 324 g/mol. The number of carbonyl (C=O) groups is 2. The summed E-state index contributed by atoms with van der Waals surface area (Å²) in [5.74, 6) is -3.02. The van der Waals surface area contributed by atoms with Gasteiger partial charge in [-0.05, 0) is 12.1 Å². The average molecular weight is 336 g/mol. The molecule has 0 aliphatic carbocycles. The van der Waals surface area contributed by atoms with E-state index in [1.165, 1.54) is 12.1 Å². The Morgan fingerprint density at radius 2 is 1.08 bits per heavy atom. The van der Waals surface area contributed by atoms with E-state index >= 15 is 0 Å². The lowest BCUT2D eigenvalue weighted by Gasteiger charge is -2.21. The monoisotopic (exact) mass is 336 g/mol. The van der Waals surface area contributed by atoms with Gasteiger partial charge < -0.3 is 20.6 Å². The largest absolute Gasteiger partial charge is 0.595 e. The topological polar surface area (TPSA) is 170 Å². The van der Waals surface area contributed by atoms with Crippen LogP contribution < -0.4 is 10.5 Å². The van der Waals surface area contributed by atoms with Crippen molar-refractivity contribution < 1.29 is 40.7 Å². The van der Waals surface area contributed by atoms with Crippen LogP contribution in [0.3, 0.4) is 0 Å². The van der Waals surface area contributed by atoms with E-state index in [4.69, 9.17) is 0 Å². The number of hydrogen-bond donors (Lipinski definition) is 6. The molecule has 0 radical (unpaired) electrons. The first-order chi connectivity index (χ1) is 11.3. The molecule has 0 saturated heterocycles. The zero-order valence-corrected chi connectivity index (χ0v) is 11.9. The predicted molar refractivity (Wildman–Crippen MR) is 77.3 cm³/mol. The number of benzene rings is 2. The predicted octanol–water partition coefficient (Wildman–Crippen LogP) is -0.443. The third-order valence-electron chi connectivity index (χ3n) is 3.30. The van der Waals surface area contributed by atoms with Crippen molar-refractivity contribution in [1.29, 1.82) is 0 Å². The maximum absolute atomic E-state index is 11.4. The number of hydrogen-bond acceptors (Lipinski definition) is 6. The van der Waals surface area contributed by atoms with Gasteiger partial charge in [-0.3, -0.25) is 0 Å². The highest BCUT2D eigenvalue weighted by molar-refractivity contribution is 6.06. The van der Waals surface area contributed by atoms with Gasteiger partial charge in [0.1, 0.15) is 0 Å². The summed E-state index contributed by atoms with van der Waals surface area (Å²) in [6.45, 7) is 0. The van der Waals surface area contributed by atoms with Crippen molar-refractivity contribution in [3.8, 4) is 11.1 Å². The summed E-state index contributed by atoms with van der Waals surface area (Å²) in [6.07, 6.45) is 0. The quantitative estimate of drug-likeness (QED) is 0.399. The second-order valence-electron chi connectivity index (χ2n) is 4.68. The van der Waals surface area contributed by atoms with Crippen molar-refractivity contribution in [3.63, 3.8) is 0 Å². The standard InChI is InChI=1S/C14H12N2O8/c17-13(18)7-3-1-5-9(15(21)22)11(7)12-8(14(19)20)4-2-6-10(12)16(23)24/h1-6,15-16,21,23H,(H,17,18)(H,19,20). The van der Waals surface area contributed by atoms with Crippen LogP contribution >= 0.6 is 0 Å². The van der Waals surface area contributed by atoms with Gasteiger partial charge in [0.25, 0.3) is 0 Å². The lowest BCUT2D eigenvalue weighted by molar-refractivity contribution is -0.992. The number of carboxylic acid groups (broad SMARTS) is 2. The summed E-state index contributed by atoms with van der Waals surface area (Å²) < 4.78 is 0. The molecule has 0 aliphatic rings. The Morgan fingerprint density at radius 1 is 0.750 bits per heavy atom. The van der Waals surface area contributed by atoms with Crippen molar-refractivity contribution in [3.05, 3.63) is 57.9 Å². The third kappa shape index (κ3) is 3.09. The highest BCUT2D eigenvalue weighted by Crippen LogP contribution is 2.36. The fourth-order valence-corrected chi connectivity index (χ4v) is 2.36. The van der Waals surface area contributed by atoms with Gasteiger partial charge in [0.15, 0.2) is 11.4 Å². The van der Waals surface area contributed by atoms with Crippen LogP contribution in [0.1, 0.15) is 20.7 Å². The summed E-state index contributed by atoms with van der Waals surface area (Å²) in [5.41, 5.74) is -2.96. The zero-order chi connectivity index (χ0) is 18.0. The molecule has 10 heteroatoms. The van der Waals surface area contributed by atoms with Crippen molar-refractivity contribution in [2.75, 3.05) is 0 Å². The third-order valence-corrected chi connectivity index (χ3v) is 3.30. The molecule has 0 saturated carbocycles. The maximum atomic E-state index is 11.4. The van der Waals surface area contributed by atoms with Crippen molar-refractivity contribution in [2.24, 2.45) is 0 Å². The SMILES string of the molecule is O=C(O)c1cccc([NH+]([O-])O)c1-c1c(C(=O)O)cccc1[NH+]([O-])O. The Kier molecular flexibility index (Phi) is 4.90. The van der Waals surface area contributed by atoms with Gasteiger partial charge >= 0.3 is 11.9 Å². The van der Waals surface area contributed by atoms with Gasteiger partial charge in [0.05, 0.1) is 22.3 Å². The van der Waals surface area contributed by atoms with Gasteiger partial charge in [-0.2, -0.15) is 10.5 Å². The summed E-state index contributed by atoms with van der Waals surface area (Å²) in [5, 5.41) is 57.1. The second-order valence-corrected chi connectivity index (χ2v) is 4.68. The molecule has 0 aromatic heterocycles. The molecule has 6 N–H and O–H groups in total. The van der Waals surface area contributed by atoms with E-state index in [-0.39, 0.29) is 0 Å². The first-order valence-corrected chi connectivity index (χ1v) is 6.45. The van der Waals surface area contributed by atoms with Crippen LogP contribution in [0, 0.1) is 10.4 Å². The molecule has 10 nitrogen and oxygen atoms in total. The second kappa shape index (κ2) is 6.72. The Labute approximate surface area is 134 Å². The molecule has 0 aliphatic heterocycles. The Balaban J connectivity index is 3.00. The van der Waals surface area contributed by atoms with Gasteiger partial charge in [0, 0.05) is 12.1 Å². The van der Waals surface area contributed by atoms with E-state index in [0.29, 0.717) is 0 Å². The Morgan fingerprint density at radius 3 is 1.33 bits per heavy atom. The summed E-state index contributed by atoms with van der Waals surface area (Å²) in [6, 6.07) is 6.67. The molecule has 0 spiro atoms. The van der Waals surface area contributed by atoms with E-state index < -0.39 is 56.0 Å². The van der Waals surface area contributed by atoms with Crippen LogP contribution in [0.25, 0.3) is 11.1 Å². The molecule has 2 aromatic rings. The van der Waals surface area contributed by atoms with Crippen LogP contribution in [-0.4, -0.2) is 32.6 Å². The highest BCUT2D eigenvalue weighted by atomic mass is 16.8. The van der Waals surface area contributed by atoms with Crippen LogP contribution in [0.15, 0.2) is 36.4 Å². The number of aromatic carboxylic acids is 2. The molecule has 2 atom stereocenters. The fraction of sp³-hybridized carbons (Fsp3) is 0.